The topological polar surface area (TPSA) is 79.5 Å². The van der Waals surface area contributed by atoms with Crippen molar-refractivity contribution in [3.8, 4) is 0 Å². The number of rotatable bonds is 5. The summed E-state index contributed by atoms with van der Waals surface area (Å²) in [7, 11) is 0. The zero-order valence-electron chi connectivity index (χ0n) is 9.57. The SMILES string of the molecule is CCC(C)[C@H](NC(=O)c1ccoc1Cl)C(=O)O. The summed E-state index contributed by atoms with van der Waals surface area (Å²) in [5.74, 6) is -1.77. The van der Waals surface area contributed by atoms with Crippen molar-refractivity contribution in [2.24, 2.45) is 5.92 Å². The summed E-state index contributed by atoms with van der Waals surface area (Å²) in [5, 5.41) is 11.4. The lowest BCUT2D eigenvalue weighted by Gasteiger charge is -2.19. The molecular formula is C11H14ClNO4. The maximum absolute atomic E-state index is 11.7. The molecule has 1 aromatic heterocycles. The highest BCUT2D eigenvalue weighted by Gasteiger charge is 2.26. The Balaban J connectivity index is 2.78. The maximum atomic E-state index is 11.7. The molecule has 6 heteroatoms. The minimum absolute atomic E-state index is 0.0456. The van der Waals surface area contributed by atoms with Gasteiger partial charge in [-0.2, -0.15) is 0 Å². The van der Waals surface area contributed by atoms with Gasteiger partial charge in [-0.3, -0.25) is 4.79 Å². The third-order valence-electron chi connectivity index (χ3n) is 2.63. The molecule has 2 N–H and O–H groups in total. The van der Waals surface area contributed by atoms with E-state index < -0.39 is 17.9 Å². The highest BCUT2D eigenvalue weighted by Crippen LogP contribution is 2.17. The van der Waals surface area contributed by atoms with Crippen LogP contribution in [0, 0.1) is 5.92 Å². The van der Waals surface area contributed by atoms with Gasteiger partial charge >= 0.3 is 5.97 Å². The smallest absolute Gasteiger partial charge is 0.326 e. The fourth-order valence-electron chi connectivity index (χ4n) is 1.36. The molecule has 5 nitrogen and oxygen atoms in total. The van der Waals surface area contributed by atoms with Crippen molar-refractivity contribution in [2.75, 3.05) is 0 Å². The van der Waals surface area contributed by atoms with E-state index in [4.69, 9.17) is 21.1 Å². The monoisotopic (exact) mass is 259 g/mol. The predicted molar refractivity (Wildman–Crippen MR) is 62.1 cm³/mol. The zero-order chi connectivity index (χ0) is 13.0. The fraction of sp³-hybridized carbons (Fsp3) is 0.455. The number of nitrogens with one attached hydrogen (secondary N) is 1. The first-order valence-corrected chi connectivity index (χ1v) is 5.61. The van der Waals surface area contributed by atoms with Gasteiger partial charge in [0.15, 0.2) is 0 Å². The largest absolute Gasteiger partial charge is 0.480 e. The van der Waals surface area contributed by atoms with Crippen LogP contribution in [0.25, 0.3) is 0 Å². The first-order valence-electron chi connectivity index (χ1n) is 5.24. The van der Waals surface area contributed by atoms with Crippen molar-refractivity contribution in [2.45, 2.75) is 26.3 Å². The number of hydrogen-bond acceptors (Lipinski definition) is 3. The van der Waals surface area contributed by atoms with Crippen molar-refractivity contribution in [3.05, 3.63) is 23.1 Å². The Bertz CT molecular complexity index is 415. The van der Waals surface area contributed by atoms with Gasteiger partial charge in [0.2, 0.25) is 5.22 Å². The highest BCUT2D eigenvalue weighted by molar-refractivity contribution is 6.32. The van der Waals surface area contributed by atoms with Crippen LogP contribution in [-0.2, 0) is 4.79 Å². The van der Waals surface area contributed by atoms with Crippen LogP contribution in [0.1, 0.15) is 30.6 Å². The molecule has 0 saturated heterocycles. The Morgan fingerprint density at radius 3 is 2.65 bits per heavy atom. The number of carbonyl (C=O) groups excluding carboxylic acids is 1. The Morgan fingerprint density at radius 1 is 1.59 bits per heavy atom. The van der Waals surface area contributed by atoms with E-state index in [0.717, 1.165) is 0 Å². The van der Waals surface area contributed by atoms with Crippen molar-refractivity contribution in [1.29, 1.82) is 0 Å². The lowest BCUT2D eigenvalue weighted by molar-refractivity contribution is -0.140. The van der Waals surface area contributed by atoms with Crippen LogP contribution >= 0.6 is 11.6 Å². The summed E-state index contributed by atoms with van der Waals surface area (Å²) in [6, 6.07) is 0.464. The predicted octanol–water partition coefficient (Wildman–Crippen LogP) is 2.16. The van der Waals surface area contributed by atoms with Crippen LogP contribution in [0.2, 0.25) is 5.22 Å². The van der Waals surface area contributed by atoms with Crippen molar-refractivity contribution in [1.82, 2.24) is 5.32 Å². The van der Waals surface area contributed by atoms with E-state index in [2.05, 4.69) is 5.32 Å². The van der Waals surface area contributed by atoms with Gasteiger partial charge < -0.3 is 14.8 Å². The third kappa shape index (κ3) is 3.23. The van der Waals surface area contributed by atoms with E-state index in [1.165, 1.54) is 12.3 Å². The van der Waals surface area contributed by atoms with E-state index in [0.29, 0.717) is 6.42 Å². The van der Waals surface area contributed by atoms with E-state index in [1.807, 2.05) is 6.92 Å². The summed E-state index contributed by atoms with van der Waals surface area (Å²) in [5.41, 5.74) is 0.140. The van der Waals surface area contributed by atoms with E-state index in [-0.39, 0.29) is 16.7 Å². The molecule has 0 fully saturated rings. The summed E-state index contributed by atoms with van der Waals surface area (Å²) in [4.78, 5) is 22.8. The van der Waals surface area contributed by atoms with E-state index in [1.54, 1.807) is 6.92 Å². The van der Waals surface area contributed by atoms with E-state index in [9.17, 15) is 9.59 Å². The standard InChI is InChI=1S/C11H14ClNO4/c1-3-6(2)8(11(15)16)13-10(14)7-4-5-17-9(7)12/h4-6,8H,3H2,1-2H3,(H,13,14)(H,15,16)/t6?,8-/m0/s1. The van der Waals surface area contributed by atoms with Crippen LogP contribution < -0.4 is 5.32 Å². The molecule has 0 aliphatic heterocycles. The molecule has 0 aromatic carbocycles. The average Bonchev–Trinajstić information content (AvgIpc) is 2.70. The van der Waals surface area contributed by atoms with Gasteiger partial charge in [0.25, 0.3) is 5.91 Å². The van der Waals surface area contributed by atoms with Gasteiger partial charge in [0.1, 0.15) is 6.04 Å². The molecule has 0 aliphatic carbocycles. The van der Waals surface area contributed by atoms with Crippen LogP contribution in [0.3, 0.4) is 0 Å². The van der Waals surface area contributed by atoms with Crippen LogP contribution in [0.4, 0.5) is 0 Å². The summed E-state index contributed by atoms with van der Waals surface area (Å²) in [6.07, 6.45) is 1.92. The molecule has 0 aliphatic rings. The highest BCUT2D eigenvalue weighted by atomic mass is 35.5. The molecule has 17 heavy (non-hydrogen) atoms. The molecule has 1 amide bonds. The molecule has 1 heterocycles. The van der Waals surface area contributed by atoms with Gasteiger partial charge in [-0.25, -0.2) is 4.79 Å². The maximum Gasteiger partial charge on any atom is 0.326 e. The minimum Gasteiger partial charge on any atom is -0.480 e. The lowest BCUT2D eigenvalue weighted by atomic mass is 9.99. The number of aliphatic carboxylic acids is 1. The van der Waals surface area contributed by atoms with E-state index >= 15 is 0 Å². The van der Waals surface area contributed by atoms with Crippen LogP contribution in [-0.4, -0.2) is 23.0 Å². The molecule has 0 radical (unpaired) electrons. The lowest BCUT2D eigenvalue weighted by Crippen LogP contribution is -2.44. The second-order valence-corrected chi connectivity index (χ2v) is 4.13. The number of carboxylic acids is 1. The number of carboxylic acid groups (broad SMARTS) is 1. The molecule has 1 unspecified atom stereocenters. The summed E-state index contributed by atoms with van der Waals surface area (Å²) in [6.45, 7) is 3.62. The Labute approximate surface area is 104 Å². The number of hydrogen-bond donors (Lipinski definition) is 2. The van der Waals surface area contributed by atoms with Crippen molar-refractivity contribution < 1.29 is 19.1 Å². The second kappa shape index (κ2) is 5.72. The molecule has 0 saturated carbocycles. The Kier molecular flexibility index (Phi) is 4.57. The van der Waals surface area contributed by atoms with Gasteiger partial charge in [0, 0.05) is 0 Å². The molecular weight excluding hydrogens is 246 g/mol. The normalized spacial score (nSPS) is 14.1. The quantitative estimate of drug-likeness (QED) is 0.849. The first kappa shape index (κ1) is 13.6. The molecule has 1 aromatic rings. The second-order valence-electron chi connectivity index (χ2n) is 3.78. The Hall–Kier alpha value is -1.49. The minimum atomic E-state index is -1.06. The van der Waals surface area contributed by atoms with Gasteiger partial charge in [0.05, 0.1) is 11.8 Å². The van der Waals surface area contributed by atoms with Crippen LogP contribution in [0.15, 0.2) is 16.7 Å². The van der Waals surface area contributed by atoms with Crippen molar-refractivity contribution in [3.63, 3.8) is 0 Å². The van der Waals surface area contributed by atoms with Gasteiger partial charge in [-0.15, -0.1) is 0 Å². The molecule has 0 bridgehead atoms. The number of halogens is 1. The van der Waals surface area contributed by atoms with Gasteiger partial charge in [-0.05, 0) is 23.6 Å². The first-order chi connectivity index (χ1) is 7.97. The number of furan rings is 1. The molecule has 2 atom stereocenters. The Morgan fingerprint density at radius 2 is 2.24 bits per heavy atom. The summed E-state index contributed by atoms with van der Waals surface area (Å²) >= 11 is 5.64. The number of carbonyl (C=O) groups is 2. The van der Waals surface area contributed by atoms with Gasteiger partial charge in [-0.1, -0.05) is 20.3 Å². The fourth-order valence-corrected chi connectivity index (χ4v) is 1.56. The zero-order valence-corrected chi connectivity index (χ0v) is 10.3. The number of amides is 1. The third-order valence-corrected chi connectivity index (χ3v) is 2.92. The average molecular weight is 260 g/mol. The van der Waals surface area contributed by atoms with Crippen LogP contribution in [0.5, 0.6) is 0 Å². The molecule has 94 valence electrons. The summed E-state index contributed by atoms with van der Waals surface area (Å²) < 4.78 is 4.77. The molecule has 0 spiro atoms. The van der Waals surface area contributed by atoms with Crippen molar-refractivity contribution >= 4 is 23.5 Å². The molecule has 1 rings (SSSR count).